The van der Waals surface area contributed by atoms with E-state index in [1.807, 2.05) is 0 Å². The number of ether oxygens (including phenoxy) is 1. The van der Waals surface area contributed by atoms with Crippen molar-refractivity contribution in [3.8, 4) is 0 Å². The Morgan fingerprint density at radius 3 is 2.55 bits per heavy atom. The van der Waals surface area contributed by atoms with Gasteiger partial charge in [-0.15, -0.1) is 0 Å². The van der Waals surface area contributed by atoms with E-state index in [2.05, 4.69) is 0 Å². The number of nitrogen functional groups attached to an aromatic ring is 1. The molecule has 0 saturated carbocycles. The quantitative estimate of drug-likeness (QED) is 0.603. The lowest BCUT2D eigenvalue weighted by Gasteiger charge is -2.31. The molecule has 20 heavy (non-hydrogen) atoms. The molecule has 1 saturated heterocycles. The molecule has 1 aromatic rings. The van der Waals surface area contributed by atoms with Gasteiger partial charge in [0.1, 0.15) is 5.84 Å². The van der Waals surface area contributed by atoms with E-state index >= 15 is 0 Å². The van der Waals surface area contributed by atoms with Crippen molar-refractivity contribution in [1.29, 1.82) is 5.41 Å². The Bertz CT molecular complexity index is 596. The zero-order chi connectivity index (χ0) is 14.8. The van der Waals surface area contributed by atoms with Gasteiger partial charge >= 0.3 is 10.2 Å². The van der Waals surface area contributed by atoms with Crippen LogP contribution >= 0.6 is 0 Å². The molecule has 1 aromatic carbocycles. The number of nitrogens with one attached hydrogen (secondary N) is 1. The number of rotatable bonds is 4. The van der Waals surface area contributed by atoms with Gasteiger partial charge in [0.25, 0.3) is 0 Å². The van der Waals surface area contributed by atoms with E-state index < -0.39 is 10.2 Å². The third-order valence-corrected chi connectivity index (χ3v) is 5.08. The number of hydrogen-bond acceptors (Lipinski definition) is 4. The Morgan fingerprint density at radius 2 is 1.95 bits per heavy atom. The normalized spacial score (nSPS) is 16.9. The summed E-state index contributed by atoms with van der Waals surface area (Å²) in [6, 6.07) is 6.69. The highest BCUT2D eigenvalue weighted by Crippen LogP contribution is 2.23. The molecule has 0 unspecified atom stereocenters. The van der Waals surface area contributed by atoms with E-state index in [1.54, 1.807) is 24.3 Å². The van der Waals surface area contributed by atoms with Crippen LogP contribution in [0.15, 0.2) is 24.3 Å². The average molecular weight is 298 g/mol. The van der Waals surface area contributed by atoms with Gasteiger partial charge in [-0.1, -0.05) is 12.1 Å². The second-order valence-corrected chi connectivity index (χ2v) is 6.38. The van der Waals surface area contributed by atoms with Crippen LogP contribution in [0.5, 0.6) is 0 Å². The van der Waals surface area contributed by atoms with Crippen LogP contribution in [0, 0.1) is 5.41 Å². The van der Waals surface area contributed by atoms with E-state index in [4.69, 9.17) is 15.9 Å². The summed E-state index contributed by atoms with van der Waals surface area (Å²) >= 11 is 0. The zero-order valence-corrected chi connectivity index (χ0v) is 12.1. The van der Waals surface area contributed by atoms with Gasteiger partial charge in [0.2, 0.25) is 0 Å². The molecule has 0 aromatic heterocycles. The van der Waals surface area contributed by atoms with Crippen LogP contribution in [0.4, 0.5) is 5.69 Å². The summed E-state index contributed by atoms with van der Waals surface area (Å²) in [5, 5.41) is 7.54. The lowest BCUT2D eigenvalue weighted by atomic mass is 10.1. The highest BCUT2D eigenvalue weighted by atomic mass is 32.2. The Kier molecular flexibility index (Phi) is 4.26. The topological polar surface area (TPSA) is 99.7 Å². The van der Waals surface area contributed by atoms with Crippen molar-refractivity contribution in [3.05, 3.63) is 29.8 Å². The smallest absolute Gasteiger partial charge is 0.304 e. The lowest BCUT2D eigenvalue weighted by Crippen LogP contribution is -2.47. The standard InChI is InChI=1S/C12H18N4O3S/c1-15(11-5-3-2-4-10(11)12(13)14)20(17,18)16-6-8-19-9-7-16/h2-5H,6-9H2,1H3,(H3,13,14). The molecule has 0 amide bonds. The summed E-state index contributed by atoms with van der Waals surface area (Å²) in [7, 11) is -2.17. The fraction of sp³-hybridized carbons (Fsp3) is 0.417. The molecule has 1 aliphatic heterocycles. The van der Waals surface area contributed by atoms with E-state index in [1.165, 1.54) is 11.4 Å². The van der Waals surface area contributed by atoms with Crippen LogP contribution in [-0.4, -0.2) is 51.9 Å². The Balaban J connectivity index is 2.35. The van der Waals surface area contributed by atoms with Gasteiger partial charge in [0.05, 0.1) is 18.9 Å². The molecule has 3 N–H and O–H groups in total. The van der Waals surface area contributed by atoms with Gasteiger partial charge in [-0.2, -0.15) is 12.7 Å². The zero-order valence-electron chi connectivity index (χ0n) is 11.2. The maximum absolute atomic E-state index is 12.5. The van der Waals surface area contributed by atoms with Crippen LogP contribution in [0.2, 0.25) is 0 Å². The highest BCUT2D eigenvalue weighted by Gasteiger charge is 2.30. The fourth-order valence-corrected chi connectivity index (χ4v) is 3.42. The first-order valence-corrected chi connectivity index (χ1v) is 7.59. The van der Waals surface area contributed by atoms with Crippen molar-refractivity contribution >= 4 is 21.7 Å². The van der Waals surface area contributed by atoms with Crippen molar-refractivity contribution in [3.63, 3.8) is 0 Å². The van der Waals surface area contributed by atoms with Gasteiger partial charge in [-0.05, 0) is 12.1 Å². The predicted octanol–water partition coefficient (Wildman–Crippen LogP) is -0.0161. The van der Waals surface area contributed by atoms with Crippen molar-refractivity contribution in [2.75, 3.05) is 37.7 Å². The van der Waals surface area contributed by atoms with Crippen molar-refractivity contribution in [2.24, 2.45) is 5.73 Å². The van der Waals surface area contributed by atoms with Crippen LogP contribution < -0.4 is 10.0 Å². The van der Waals surface area contributed by atoms with Crippen LogP contribution in [0.1, 0.15) is 5.56 Å². The number of para-hydroxylation sites is 1. The summed E-state index contributed by atoms with van der Waals surface area (Å²) in [5.74, 6) is -0.162. The number of hydrogen-bond donors (Lipinski definition) is 2. The monoisotopic (exact) mass is 298 g/mol. The summed E-state index contributed by atoms with van der Waals surface area (Å²) < 4.78 is 32.8. The maximum atomic E-state index is 12.5. The van der Waals surface area contributed by atoms with Crippen molar-refractivity contribution in [2.45, 2.75) is 0 Å². The lowest BCUT2D eigenvalue weighted by molar-refractivity contribution is 0.0730. The Labute approximate surface area is 118 Å². The molecule has 1 fully saturated rings. The third-order valence-electron chi connectivity index (χ3n) is 3.18. The highest BCUT2D eigenvalue weighted by molar-refractivity contribution is 7.90. The number of nitrogens with two attached hydrogens (primary N) is 1. The van der Waals surface area contributed by atoms with Gasteiger partial charge < -0.3 is 10.5 Å². The molecule has 0 bridgehead atoms. The van der Waals surface area contributed by atoms with E-state index in [0.717, 1.165) is 4.31 Å². The minimum absolute atomic E-state index is 0.162. The predicted molar refractivity (Wildman–Crippen MR) is 77.2 cm³/mol. The van der Waals surface area contributed by atoms with E-state index in [0.29, 0.717) is 37.6 Å². The second-order valence-electron chi connectivity index (χ2n) is 4.42. The molecule has 8 heteroatoms. The number of benzene rings is 1. The van der Waals surface area contributed by atoms with Gasteiger partial charge in [0, 0.05) is 25.7 Å². The number of anilines is 1. The second kappa shape index (κ2) is 5.78. The van der Waals surface area contributed by atoms with Crippen molar-refractivity contribution < 1.29 is 13.2 Å². The minimum Gasteiger partial charge on any atom is -0.384 e. The Hall–Kier alpha value is -1.64. The van der Waals surface area contributed by atoms with Gasteiger partial charge in [0.15, 0.2) is 0 Å². The van der Waals surface area contributed by atoms with Crippen LogP contribution in [-0.2, 0) is 14.9 Å². The molecule has 2 rings (SSSR count). The van der Waals surface area contributed by atoms with Crippen LogP contribution in [0.3, 0.4) is 0 Å². The molecule has 7 nitrogen and oxygen atoms in total. The molecule has 0 aliphatic carbocycles. The number of amidine groups is 1. The molecule has 0 spiro atoms. The average Bonchev–Trinajstić information content (AvgIpc) is 2.47. The molecular weight excluding hydrogens is 280 g/mol. The van der Waals surface area contributed by atoms with Gasteiger partial charge in [-0.25, -0.2) is 0 Å². The largest absolute Gasteiger partial charge is 0.384 e. The molecule has 1 aliphatic rings. The first kappa shape index (κ1) is 14.8. The number of morpholine rings is 1. The SMILES string of the molecule is CN(c1ccccc1C(=N)N)S(=O)(=O)N1CCOCC1. The molecule has 110 valence electrons. The van der Waals surface area contributed by atoms with Crippen LogP contribution in [0.25, 0.3) is 0 Å². The number of nitrogens with zero attached hydrogens (tertiary/aromatic N) is 2. The third kappa shape index (κ3) is 2.77. The van der Waals surface area contributed by atoms with Gasteiger partial charge in [-0.3, -0.25) is 9.71 Å². The van der Waals surface area contributed by atoms with E-state index in [9.17, 15) is 8.42 Å². The Morgan fingerprint density at radius 1 is 1.35 bits per heavy atom. The molecule has 0 atom stereocenters. The molecule has 1 heterocycles. The summed E-state index contributed by atoms with van der Waals surface area (Å²) in [5.41, 5.74) is 6.29. The molecular formula is C12H18N4O3S. The first-order valence-electron chi connectivity index (χ1n) is 6.20. The summed E-state index contributed by atoms with van der Waals surface area (Å²) in [4.78, 5) is 0. The minimum atomic E-state index is -3.64. The summed E-state index contributed by atoms with van der Waals surface area (Å²) in [6.45, 7) is 1.44. The fourth-order valence-electron chi connectivity index (χ4n) is 2.05. The first-order chi connectivity index (χ1) is 9.44. The maximum Gasteiger partial charge on any atom is 0.304 e. The van der Waals surface area contributed by atoms with E-state index in [-0.39, 0.29) is 5.84 Å². The summed E-state index contributed by atoms with van der Waals surface area (Å²) in [6.07, 6.45) is 0. The molecule has 0 radical (unpaired) electrons. The van der Waals surface area contributed by atoms with Crippen molar-refractivity contribution in [1.82, 2.24) is 4.31 Å².